The van der Waals surface area contributed by atoms with Gasteiger partial charge in [-0.05, 0) is 42.9 Å². The molecule has 3 aliphatic carbocycles. The number of hydrogen-bond donors (Lipinski definition) is 3. The van der Waals surface area contributed by atoms with Crippen LogP contribution in [0, 0.1) is 34.0 Å². The topological polar surface area (TPSA) is 140 Å². The van der Waals surface area contributed by atoms with Crippen molar-refractivity contribution in [1.29, 1.82) is 0 Å². The Balaban J connectivity index is 1.61. The standard InChI is InChI=1S/C27H41N5O4S/c1-6-25(4)13-19(36-20(34)14-37-24-31-15-30-23(32-24)29-12-11-28)26(5)16(2)7-9-27(17(3)22(25)35)10-8-18(33)21(26)27/h6,15-17,19,21-22,35H,1,7-14,28H2,2-5H3,(H,29,30,31,32)/t16-,17+,19-,21+,22+,25-,26+,27+/m1/s1. The second-order valence-corrected chi connectivity index (χ2v) is 12.6. The monoisotopic (exact) mass is 531 g/mol. The number of aromatic nitrogens is 3. The first-order valence-corrected chi connectivity index (χ1v) is 14.3. The Morgan fingerprint density at radius 1 is 1.35 bits per heavy atom. The van der Waals surface area contributed by atoms with Gasteiger partial charge in [-0.25, -0.2) is 9.97 Å². The molecule has 10 heteroatoms. The van der Waals surface area contributed by atoms with Crippen LogP contribution < -0.4 is 11.1 Å². The zero-order chi connectivity index (χ0) is 27.0. The molecule has 1 heterocycles. The first kappa shape index (κ1) is 28.0. The number of nitrogens with one attached hydrogen (secondary N) is 1. The van der Waals surface area contributed by atoms with Crippen molar-refractivity contribution >= 4 is 29.5 Å². The Labute approximate surface area is 223 Å². The smallest absolute Gasteiger partial charge is 0.316 e. The highest BCUT2D eigenvalue weighted by molar-refractivity contribution is 7.99. The number of nitrogens with two attached hydrogens (primary N) is 1. The summed E-state index contributed by atoms with van der Waals surface area (Å²) in [7, 11) is 0. The van der Waals surface area contributed by atoms with Gasteiger partial charge in [-0.1, -0.05) is 45.5 Å². The Bertz CT molecular complexity index is 1040. The van der Waals surface area contributed by atoms with Gasteiger partial charge in [0.2, 0.25) is 5.95 Å². The summed E-state index contributed by atoms with van der Waals surface area (Å²) in [6.45, 7) is 13.4. The molecule has 2 bridgehead atoms. The number of ketones is 1. The van der Waals surface area contributed by atoms with E-state index in [0.717, 1.165) is 19.3 Å². The van der Waals surface area contributed by atoms with E-state index in [1.54, 1.807) is 0 Å². The lowest BCUT2D eigenvalue weighted by atomic mass is 9.44. The van der Waals surface area contributed by atoms with Gasteiger partial charge >= 0.3 is 5.97 Å². The fraction of sp³-hybridized carbons (Fsp3) is 0.741. The van der Waals surface area contributed by atoms with E-state index in [0.29, 0.717) is 37.0 Å². The van der Waals surface area contributed by atoms with Crippen LogP contribution in [0.1, 0.15) is 59.8 Å². The summed E-state index contributed by atoms with van der Waals surface area (Å²) >= 11 is 1.18. The zero-order valence-electron chi connectivity index (χ0n) is 22.4. The first-order valence-electron chi connectivity index (χ1n) is 13.3. The molecule has 0 spiro atoms. The van der Waals surface area contributed by atoms with Gasteiger partial charge in [0.1, 0.15) is 18.2 Å². The van der Waals surface area contributed by atoms with Gasteiger partial charge in [0.05, 0.1) is 11.9 Å². The molecule has 1 aromatic heterocycles. The molecule has 0 amide bonds. The largest absolute Gasteiger partial charge is 0.461 e. The number of ether oxygens (including phenoxy) is 1. The third-order valence-corrected chi connectivity index (χ3v) is 10.7. The number of aliphatic hydroxyl groups is 1. The molecule has 0 radical (unpaired) electrons. The summed E-state index contributed by atoms with van der Waals surface area (Å²) in [6, 6.07) is 0. The first-order chi connectivity index (χ1) is 17.5. The highest BCUT2D eigenvalue weighted by Crippen LogP contribution is 2.68. The predicted molar refractivity (Wildman–Crippen MR) is 143 cm³/mol. The third-order valence-electron chi connectivity index (χ3n) is 9.87. The van der Waals surface area contributed by atoms with E-state index in [2.05, 4.69) is 47.6 Å². The van der Waals surface area contributed by atoms with Gasteiger partial charge in [0.25, 0.3) is 0 Å². The van der Waals surface area contributed by atoms with Crippen LogP contribution in [0.5, 0.6) is 0 Å². The van der Waals surface area contributed by atoms with Gasteiger partial charge < -0.3 is 20.9 Å². The molecule has 0 aromatic carbocycles. The number of esters is 1. The normalized spacial score (nSPS) is 39.3. The molecular weight excluding hydrogens is 490 g/mol. The summed E-state index contributed by atoms with van der Waals surface area (Å²) in [4.78, 5) is 39.3. The van der Waals surface area contributed by atoms with Crippen molar-refractivity contribution in [3.63, 3.8) is 0 Å². The number of thioether (sulfide) groups is 1. The SMILES string of the molecule is C=C[C@]1(C)C[C@@H](OC(=O)CSc2ncnc(NCCN)n2)[C@]2(C)[C@H](C)CC[C@]3(CCC(=O)[C@H]32)[C@@H](C)[C@@H]1O. The number of anilines is 1. The maximum atomic E-state index is 13.5. The van der Waals surface area contributed by atoms with Crippen LogP contribution in [-0.2, 0) is 14.3 Å². The Morgan fingerprint density at radius 2 is 2.11 bits per heavy atom. The molecule has 0 aliphatic heterocycles. The molecule has 3 aliphatic rings. The fourth-order valence-corrected chi connectivity index (χ4v) is 8.03. The molecule has 3 fully saturated rings. The summed E-state index contributed by atoms with van der Waals surface area (Å²) < 4.78 is 6.26. The maximum Gasteiger partial charge on any atom is 0.316 e. The summed E-state index contributed by atoms with van der Waals surface area (Å²) in [5.41, 5.74) is 4.04. The van der Waals surface area contributed by atoms with Crippen molar-refractivity contribution in [2.45, 2.75) is 77.2 Å². The zero-order valence-corrected chi connectivity index (χ0v) is 23.2. The predicted octanol–water partition coefficient (Wildman–Crippen LogP) is 3.24. The van der Waals surface area contributed by atoms with Gasteiger partial charge in [0, 0.05) is 36.3 Å². The van der Waals surface area contributed by atoms with Crippen LogP contribution in [0.25, 0.3) is 0 Å². The van der Waals surface area contributed by atoms with E-state index in [9.17, 15) is 14.7 Å². The summed E-state index contributed by atoms with van der Waals surface area (Å²) in [5, 5.41) is 15.0. The minimum atomic E-state index is -0.684. The Kier molecular flexibility index (Phi) is 8.03. The van der Waals surface area contributed by atoms with Crippen molar-refractivity contribution < 1.29 is 19.4 Å². The number of hydrogen-bond acceptors (Lipinski definition) is 10. The van der Waals surface area contributed by atoms with Gasteiger partial charge in [-0.3, -0.25) is 9.59 Å². The van der Waals surface area contributed by atoms with E-state index < -0.39 is 29.0 Å². The maximum absolute atomic E-state index is 13.5. The van der Waals surface area contributed by atoms with Crippen LogP contribution in [0.4, 0.5) is 5.95 Å². The molecule has 0 unspecified atom stereocenters. The lowest BCUT2D eigenvalue weighted by Gasteiger charge is -2.61. The number of Topliss-reactive ketones (excluding diaryl/α,β-unsaturated/α-hetero) is 1. The highest BCUT2D eigenvalue weighted by atomic mass is 32.2. The van der Waals surface area contributed by atoms with Crippen LogP contribution in [0.3, 0.4) is 0 Å². The second-order valence-electron chi connectivity index (χ2n) is 11.7. The number of rotatable bonds is 8. The van der Waals surface area contributed by atoms with Crippen molar-refractivity contribution in [3.8, 4) is 0 Å². The van der Waals surface area contributed by atoms with Crippen LogP contribution in [0.2, 0.25) is 0 Å². The Morgan fingerprint density at radius 3 is 2.81 bits per heavy atom. The van der Waals surface area contributed by atoms with Gasteiger partial charge in [0.15, 0.2) is 5.16 Å². The lowest BCUT2D eigenvalue weighted by molar-refractivity contribution is -0.205. The molecule has 0 saturated heterocycles. The van der Waals surface area contributed by atoms with Crippen LogP contribution in [-0.4, -0.2) is 62.9 Å². The number of carbonyl (C=O) groups is 2. The van der Waals surface area contributed by atoms with Gasteiger partial charge in [-0.2, -0.15) is 4.98 Å². The minimum absolute atomic E-state index is 0.0226. The van der Waals surface area contributed by atoms with Crippen LogP contribution in [0.15, 0.2) is 24.1 Å². The molecule has 4 N–H and O–H groups in total. The van der Waals surface area contributed by atoms with Crippen molar-refractivity contribution in [3.05, 3.63) is 19.0 Å². The van der Waals surface area contributed by atoms with Crippen LogP contribution >= 0.6 is 11.8 Å². The second kappa shape index (κ2) is 10.6. The molecule has 1 aromatic rings. The number of nitrogens with zero attached hydrogens (tertiary/aromatic N) is 3. The molecule has 9 nitrogen and oxygen atoms in total. The van der Waals surface area contributed by atoms with E-state index in [1.165, 1.54) is 18.1 Å². The minimum Gasteiger partial charge on any atom is -0.461 e. The quantitative estimate of drug-likeness (QED) is 0.260. The van der Waals surface area contributed by atoms with E-state index >= 15 is 0 Å². The van der Waals surface area contributed by atoms with Crippen molar-refractivity contribution in [1.82, 2.24) is 15.0 Å². The molecule has 204 valence electrons. The summed E-state index contributed by atoms with van der Waals surface area (Å²) in [5.74, 6) is 0.166. The average molecular weight is 532 g/mol. The van der Waals surface area contributed by atoms with Crippen molar-refractivity contribution in [2.24, 2.45) is 39.7 Å². The lowest BCUT2D eigenvalue weighted by Crippen LogP contribution is -2.63. The molecule has 8 atom stereocenters. The van der Waals surface area contributed by atoms with Crippen molar-refractivity contribution in [2.75, 3.05) is 24.2 Å². The van der Waals surface area contributed by atoms with E-state index in [1.807, 2.05) is 13.0 Å². The molecule has 4 rings (SSSR count). The highest BCUT2D eigenvalue weighted by Gasteiger charge is 2.68. The van der Waals surface area contributed by atoms with E-state index in [-0.39, 0.29) is 34.7 Å². The van der Waals surface area contributed by atoms with E-state index in [4.69, 9.17) is 10.5 Å². The molecule has 3 saturated carbocycles. The number of carbonyl (C=O) groups excluding carboxylic acids is 2. The number of aliphatic hydroxyl groups excluding tert-OH is 1. The third kappa shape index (κ3) is 4.81. The molecule has 37 heavy (non-hydrogen) atoms. The average Bonchev–Trinajstić information content (AvgIpc) is 3.25. The Hall–Kier alpha value is -2.04. The summed E-state index contributed by atoms with van der Waals surface area (Å²) in [6.07, 6.45) is 5.54. The fourth-order valence-electron chi connectivity index (χ4n) is 7.44. The van der Waals surface area contributed by atoms with Gasteiger partial charge in [-0.15, -0.1) is 6.58 Å². The molecular formula is C27H41N5O4S.